The number of nitrogens with zero attached hydrogens (tertiary/aromatic N) is 3. The molecule has 0 saturated carbocycles. The SMILES string of the molecule is CCNC(=NCCc1nc(C(C)(C)C)cs1)NC1CCN(CCOC(C)C)CC1.I. The van der Waals surface area contributed by atoms with E-state index >= 15 is 0 Å². The number of thiazole rings is 1. The Morgan fingerprint density at radius 3 is 2.60 bits per heavy atom. The van der Waals surface area contributed by atoms with E-state index in [1.54, 1.807) is 11.3 Å². The summed E-state index contributed by atoms with van der Waals surface area (Å²) in [6.45, 7) is 18.7. The van der Waals surface area contributed by atoms with Gasteiger partial charge < -0.3 is 20.3 Å². The van der Waals surface area contributed by atoms with Crippen molar-refractivity contribution in [2.24, 2.45) is 4.99 Å². The zero-order valence-electron chi connectivity index (χ0n) is 19.7. The lowest BCUT2D eigenvalue weighted by molar-refractivity contribution is 0.0532. The molecule has 0 unspecified atom stereocenters. The summed E-state index contributed by atoms with van der Waals surface area (Å²) >= 11 is 1.75. The van der Waals surface area contributed by atoms with E-state index < -0.39 is 0 Å². The molecule has 8 heteroatoms. The van der Waals surface area contributed by atoms with Crippen LogP contribution >= 0.6 is 35.3 Å². The third-order valence-corrected chi connectivity index (χ3v) is 5.96. The van der Waals surface area contributed by atoms with Gasteiger partial charge in [-0.15, -0.1) is 35.3 Å². The Labute approximate surface area is 204 Å². The highest BCUT2D eigenvalue weighted by atomic mass is 127. The molecule has 1 fully saturated rings. The van der Waals surface area contributed by atoms with Crippen LogP contribution in [0.5, 0.6) is 0 Å². The number of ether oxygens (including phenoxy) is 1. The molecular weight excluding hydrogens is 509 g/mol. The van der Waals surface area contributed by atoms with Crippen LogP contribution < -0.4 is 10.6 Å². The minimum absolute atomic E-state index is 0. The average Bonchev–Trinajstić information content (AvgIpc) is 3.12. The number of likely N-dealkylation sites (tertiary alicyclic amines) is 1. The van der Waals surface area contributed by atoms with E-state index in [1.807, 2.05) is 0 Å². The Hall–Kier alpha value is -0.450. The van der Waals surface area contributed by atoms with E-state index in [9.17, 15) is 0 Å². The van der Waals surface area contributed by atoms with Gasteiger partial charge in [0.1, 0.15) is 0 Å². The molecule has 174 valence electrons. The molecule has 0 atom stereocenters. The highest BCUT2D eigenvalue weighted by Crippen LogP contribution is 2.24. The van der Waals surface area contributed by atoms with Crippen LogP contribution in [0.15, 0.2) is 10.4 Å². The van der Waals surface area contributed by atoms with Gasteiger partial charge in [-0.2, -0.15) is 0 Å². The number of hydrogen-bond donors (Lipinski definition) is 2. The van der Waals surface area contributed by atoms with Crippen LogP contribution in [0.1, 0.15) is 65.1 Å². The molecular formula is C22H42IN5OS. The molecule has 0 radical (unpaired) electrons. The van der Waals surface area contributed by atoms with E-state index in [-0.39, 0.29) is 29.4 Å². The topological polar surface area (TPSA) is 61.8 Å². The summed E-state index contributed by atoms with van der Waals surface area (Å²) in [5.74, 6) is 0.932. The Balaban J connectivity index is 0.00000450. The van der Waals surface area contributed by atoms with E-state index in [0.717, 1.165) is 64.6 Å². The maximum absolute atomic E-state index is 5.68. The van der Waals surface area contributed by atoms with Gasteiger partial charge in [0.05, 0.1) is 23.4 Å². The molecule has 0 aliphatic carbocycles. The lowest BCUT2D eigenvalue weighted by Gasteiger charge is -2.33. The van der Waals surface area contributed by atoms with Crippen molar-refractivity contribution in [2.45, 2.75) is 78.4 Å². The minimum atomic E-state index is 0. The summed E-state index contributed by atoms with van der Waals surface area (Å²) in [4.78, 5) is 12.1. The maximum Gasteiger partial charge on any atom is 0.191 e. The maximum atomic E-state index is 5.68. The van der Waals surface area contributed by atoms with E-state index in [0.29, 0.717) is 12.1 Å². The Kier molecular flexibility index (Phi) is 12.7. The molecule has 0 amide bonds. The van der Waals surface area contributed by atoms with Crippen molar-refractivity contribution in [2.75, 3.05) is 39.3 Å². The molecule has 2 heterocycles. The van der Waals surface area contributed by atoms with Gasteiger partial charge in [0, 0.05) is 56.0 Å². The van der Waals surface area contributed by atoms with Gasteiger partial charge in [0.15, 0.2) is 5.96 Å². The lowest BCUT2D eigenvalue weighted by Crippen LogP contribution is -2.49. The van der Waals surface area contributed by atoms with Crippen LogP contribution in [0.25, 0.3) is 0 Å². The zero-order valence-corrected chi connectivity index (χ0v) is 22.8. The fraction of sp³-hybridized carbons (Fsp3) is 0.818. The standard InChI is InChI=1S/C22H41N5OS.HI/c1-7-23-21(24-11-8-20-26-19(16-29-20)22(4,5)6)25-18-9-12-27(13-10-18)14-15-28-17(2)3;/h16-18H,7-15H2,1-6H3,(H2,23,24,25);1H. The third kappa shape index (κ3) is 10.2. The van der Waals surface area contributed by atoms with Gasteiger partial charge in [-0.1, -0.05) is 20.8 Å². The molecule has 0 bridgehead atoms. The monoisotopic (exact) mass is 551 g/mol. The first-order valence-electron chi connectivity index (χ1n) is 11.1. The molecule has 0 aromatic carbocycles. The predicted molar refractivity (Wildman–Crippen MR) is 140 cm³/mol. The number of rotatable bonds is 9. The largest absolute Gasteiger partial charge is 0.377 e. The number of nitrogens with one attached hydrogen (secondary N) is 2. The summed E-state index contributed by atoms with van der Waals surface area (Å²) in [5.41, 5.74) is 1.29. The lowest BCUT2D eigenvalue weighted by atomic mass is 9.93. The number of halogens is 1. The Morgan fingerprint density at radius 1 is 1.33 bits per heavy atom. The van der Waals surface area contributed by atoms with Crippen molar-refractivity contribution in [3.63, 3.8) is 0 Å². The molecule has 30 heavy (non-hydrogen) atoms. The number of hydrogen-bond acceptors (Lipinski definition) is 5. The van der Waals surface area contributed by atoms with Crippen molar-refractivity contribution in [3.8, 4) is 0 Å². The van der Waals surface area contributed by atoms with Gasteiger partial charge in [-0.25, -0.2) is 4.98 Å². The predicted octanol–water partition coefficient (Wildman–Crippen LogP) is 4.05. The molecule has 2 rings (SSSR count). The van der Waals surface area contributed by atoms with Crippen molar-refractivity contribution in [1.82, 2.24) is 20.5 Å². The van der Waals surface area contributed by atoms with E-state index in [1.165, 1.54) is 10.7 Å². The Morgan fingerprint density at radius 2 is 2.03 bits per heavy atom. The highest BCUT2D eigenvalue weighted by molar-refractivity contribution is 14.0. The van der Waals surface area contributed by atoms with Gasteiger partial charge >= 0.3 is 0 Å². The second-order valence-corrected chi connectivity index (χ2v) is 10.0. The van der Waals surface area contributed by atoms with Crippen LogP contribution in [0.3, 0.4) is 0 Å². The first-order chi connectivity index (χ1) is 13.8. The van der Waals surface area contributed by atoms with Gasteiger partial charge in [0.25, 0.3) is 0 Å². The van der Waals surface area contributed by atoms with Crippen molar-refractivity contribution < 1.29 is 4.74 Å². The van der Waals surface area contributed by atoms with Crippen molar-refractivity contribution >= 4 is 41.3 Å². The highest BCUT2D eigenvalue weighted by Gasteiger charge is 2.20. The second-order valence-electron chi connectivity index (χ2n) is 9.07. The van der Waals surface area contributed by atoms with E-state index in [4.69, 9.17) is 14.7 Å². The minimum Gasteiger partial charge on any atom is -0.377 e. The van der Waals surface area contributed by atoms with E-state index in [2.05, 4.69) is 62.5 Å². The van der Waals surface area contributed by atoms with Crippen LogP contribution in [0.4, 0.5) is 0 Å². The van der Waals surface area contributed by atoms with Crippen LogP contribution in [0.2, 0.25) is 0 Å². The van der Waals surface area contributed by atoms with Gasteiger partial charge in [-0.3, -0.25) is 4.99 Å². The molecule has 1 aliphatic rings. The zero-order chi connectivity index (χ0) is 21.3. The van der Waals surface area contributed by atoms with Gasteiger partial charge in [0.2, 0.25) is 0 Å². The fourth-order valence-corrected chi connectivity index (χ4v) is 4.28. The fourth-order valence-electron chi connectivity index (χ4n) is 3.27. The summed E-state index contributed by atoms with van der Waals surface area (Å²) in [6, 6.07) is 0.488. The Bertz CT molecular complexity index is 621. The van der Waals surface area contributed by atoms with Crippen molar-refractivity contribution in [1.29, 1.82) is 0 Å². The summed E-state index contributed by atoms with van der Waals surface area (Å²) in [6.07, 6.45) is 3.50. The molecule has 1 aromatic heterocycles. The van der Waals surface area contributed by atoms with Crippen LogP contribution in [0, 0.1) is 0 Å². The normalized spacial score (nSPS) is 16.6. The summed E-state index contributed by atoms with van der Waals surface area (Å²) < 4.78 is 5.68. The molecule has 0 spiro atoms. The first kappa shape index (κ1) is 27.6. The molecule has 1 saturated heterocycles. The second kappa shape index (κ2) is 13.9. The smallest absolute Gasteiger partial charge is 0.191 e. The van der Waals surface area contributed by atoms with Crippen molar-refractivity contribution in [3.05, 3.63) is 16.1 Å². The number of piperidine rings is 1. The summed E-state index contributed by atoms with van der Waals surface area (Å²) in [5, 5.41) is 10.4. The number of guanidine groups is 1. The summed E-state index contributed by atoms with van der Waals surface area (Å²) in [7, 11) is 0. The quantitative estimate of drug-likeness (QED) is 0.276. The van der Waals surface area contributed by atoms with Gasteiger partial charge in [-0.05, 0) is 33.6 Å². The molecule has 1 aliphatic heterocycles. The molecule has 1 aromatic rings. The third-order valence-electron chi connectivity index (χ3n) is 5.05. The van der Waals surface area contributed by atoms with Crippen LogP contribution in [-0.2, 0) is 16.6 Å². The number of aliphatic imine (C=N–C) groups is 1. The number of aromatic nitrogens is 1. The molecule has 2 N–H and O–H groups in total. The average molecular weight is 552 g/mol. The first-order valence-corrected chi connectivity index (χ1v) is 12.0. The molecule has 6 nitrogen and oxygen atoms in total. The van der Waals surface area contributed by atoms with Crippen LogP contribution in [-0.4, -0.2) is 67.3 Å².